The summed E-state index contributed by atoms with van der Waals surface area (Å²) in [4.78, 5) is 5.30. The minimum Gasteiger partial charge on any atom is -0.386 e. The van der Waals surface area contributed by atoms with Crippen molar-refractivity contribution in [2.45, 2.75) is 19.6 Å². The molecule has 0 saturated heterocycles. The number of halogens is 3. The van der Waals surface area contributed by atoms with E-state index in [2.05, 4.69) is 15.6 Å². The van der Waals surface area contributed by atoms with Gasteiger partial charge in [-0.25, -0.2) is 4.99 Å². The van der Waals surface area contributed by atoms with Crippen molar-refractivity contribution < 1.29 is 5.11 Å². The molecule has 1 atom stereocenters. The Kier molecular flexibility index (Phi) is 7.25. The molecule has 0 amide bonds. The van der Waals surface area contributed by atoms with Crippen molar-refractivity contribution in [3.05, 3.63) is 43.3 Å². The summed E-state index contributed by atoms with van der Waals surface area (Å²) < 4.78 is 2.45. The van der Waals surface area contributed by atoms with E-state index in [4.69, 9.17) is 34.8 Å². The minimum absolute atomic E-state index is 0.331. The first kappa shape index (κ1) is 19.4. The second-order valence-corrected chi connectivity index (χ2v) is 7.58. The largest absolute Gasteiger partial charge is 0.386 e. The van der Waals surface area contributed by atoms with E-state index < -0.39 is 6.10 Å². The monoisotopic (exact) mass is 408 g/mol. The fraction of sp³-hybridized carbons (Fsp3) is 0.400. The summed E-state index contributed by atoms with van der Waals surface area (Å²) in [6.45, 7) is 3.43. The lowest BCUT2D eigenvalue weighted by atomic mass is 10.3. The van der Waals surface area contributed by atoms with Crippen LogP contribution in [0, 0.1) is 0 Å². The number of hydrogen-bond donors (Lipinski definition) is 3. The van der Waals surface area contributed by atoms with Crippen molar-refractivity contribution in [2.24, 2.45) is 12.0 Å². The maximum atomic E-state index is 10.2. The van der Waals surface area contributed by atoms with Crippen LogP contribution in [0.3, 0.4) is 0 Å². The van der Waals surface area contributed by atoms with Gasteiger partial charge in [0.15, 0.2) is 5.96 Å². The van der Waals surface area contributed by atoms with E-state index in [0.717, 1.165) is 10.6 Å². The van der Waals surface area contributed by atoms with Crippen molar-refractivity contribution in [3.8, 4) is 0 Å². The van der Waals surface area contributed by atoms with Crippen LogP contribution in [-0.2, 0) is 13.6 Å². The number of hydrogen-bond acceptors (Lipinski definition) is 3. The molecule has 5 nitrogen and oxygen atoms in total. The summed E-state index contributed by atoms with van der Waals surface area (Å²) in [6, 6.07) is 5.38. The molecule has 0 aliphatic heterocycles. The number of nitrogens with zero attached hydrogens (tertiary/aromatic N) is 2. The van der Waals surface area contributed by atoms with Gasteiger partial charge in [-0.2, -0.15) is 0 Å². The molecule has 2 rings (SSSR count). The van der Waals surface area contributed by atoms with Crippen LogP contribution in [0.1, 0.15) is 23.6 Å². The number of nitrogens with one attached hydrogen (secondary N) is 2. The van der Waals surface area contributed by atoms with Gasteiger partial charge in [0.25, 0.3) is 0 Å². The molecule has 0 aliphatic carbocycles. The lowest BCUT2D eigenvalue weighted by molar-refractivity contribution is 0.184. The first-order chi connectivity index (χ1) is 11.4. The van der Waals surface area contributed by atoms with Gasteiger partial charge < -0.3 is 20.3 Å². The Labute approximate surface area is 160 Å². The zero-order valence-corrected chi connectivity index (χ0v) is 16.4. The first-order valence-corrected chi connectivity index (χ1v) is 9.32. The molecule has 0 saturated carbocycles. The standard InChI is InChI=1S/C15H19Cl3N4OS/c1-3-19-15(20-7-9-6-10(16)14(18)22(9)2)21-8-11(23)12-4-5-13(17)24-12/h4-6,11,23H,3,7-8H2,1-2H3,(H2,19,20,21). The van der Waals surface area contributed by atoms with Crippen LogP contribution in [0.25, 0.3) is 0 Å². The predicted octanol–water partition coefficient (Wildman–Crippen LogP) is 3.84. The fourth-order valence-corrected chi connectivity index (χ4v) is 3.51. The van der Waals surface area contributed by atoms with E-state index in [9.17, 15) is 5.11 Å². The highest BCUT2D eigenvalue weighted by atomic mass is 35.5. The third-order valence-electron chi connectivity index (χ3n) is 3.34. The molecule has 0 aliphatic rings. The molecule has 0 fully saturated rings. The van der Waals surface area contributed by atoms with E-state index in [1.165, 1.54) is 11.3 Å². The lowest BCUT2D eigenvalue weighted by Crippen LogP contribution is -2.39. The van der Waals surface area contributed by atoms with Crippen LogP contribution in [0.2, 0.25) is 14.5 Å². The minimum atomic E-state index is -0.648. The van der Waals surface area contributed by atoms with Gasteiger partial charge in [0.05, 0.1) is 15.9 Å². The number of aromatic nitrogens is 1. The molecular weight excluding hydrogens is 391 g/mol. The zero-order valence-electron chi connectivity index (χ0n) is 13.3. The fourth-order valence-electron chi connectivity index (χ4n) is 2.04. The van der Waals surface area contributed by atoms with Crippen molar-refractivity contribution in [3.63, 3.8) is 0 Å². The van der Waals surface area contributed by atoms with Gasteiger partial charge in [0.1, 0.15) is 11.3 Å². The van der Waals surface area contributed by atoms with E-state index in [1.54, 1.807) is 16.7 Å². The van der Waals surface area contributed by atoms with Gasteiger partial charge in [-0.1, -0.05) is 34.8 Å². The van der Waals surface area contributed by atoms with Gasteiger partial charge in [-0.05, 0) is 25.1 Å². The van der Waals surface area contributed by atoms with Gasteiger partial charge in [0, 0.05) is 30.7 Å². The van der Waals surface area contributed by atoms with Crippen LogP contribution in [-0.4, -0.2) is 28.7 Å². The summed E-state index contributed by atoms with van der Waals surface area (Å²) in [6.07, 6.45) is -0.648. The number of aliphatic hydroxyl groups is 1. The SMILES string of the molecule is CCNC(=NCc1cc(Cl)c(Cl)n1C)NCC(O)c1ccc(Cl)s1. The average Bonchev–Trinajstić information content (AvgIpc) is 3.09. The molecule has 2 heterocycles. The molecule has 0 spiro atoms. The zero-order chi connectivity index (χ0) is 17.7. The van der Waals surface area contributed by atoms with Gasteiger partial charge in [-0.3, -0.25) is 0 Å². The van der Waals surface area contributed by atoms with Crippen molar-refractivity contribution in [2.75, 3.05) is 13.1 Å². The highest BCUT2D eigenvalue weighted by molar-refractivity contribution is 7.16. The number of aliphatic imine (C=N–C) groups is 1. The van der Waals surface area contributed by atoms with Crippen LogP contribution in [0.15, 0.2) is 23.2 Å². The number of rotatable bonds is 6. The van der Waals surface area contributed by atoms with Gasteiger partial charge >= 0.3 is 0 Å². The summed E-state index contributed by atoms with van der Waals surface area (Å²) in [5, 5.41) is 17.4. The lowest BCUT2D eigenvalue weighted by Gasteiger charge is -2.14. The number of thiophene rings is 1. The number of aliphatic hydroxyl groups excluding tert-OH is 1. The Bertz CT molecular complexity index is 714. The molecule has 0 radical (unpaired) electrons. The normalized spacial score (nSPS) is 13.2. The molecule has 132 valence electrons. The quantitative estimate of drug-likeness (QED) is 0.502. The summed E-state index contributed by atoms with van der Waals surface area (Å²) >= 11 is 19.3. The van der Waals surface area contributed by atoms with Gasteiger partial charge in [-0.15, -0.1) is 11.3 Å². The molecule has 3 N–H and O–H groups in total. The predicted molar refractivity (Wildman–Crippen MR) is 103 cm³/mol. The summed E-state index contributed by atoms with van der Waals surface area (Å²) in [5.41, 5.74) is 0.896. The van der Waals surface area contributed by atoms with E-state index in [0.29, 0.717) is 40.1 Å². The molecule has 2 aromatic heterocycles. The van der Waals surface area contributed by atoms with Crippen LogP contribution < -0.4 is 10.6 Å². The molecule has 24 heavy (non-hydrogen) atoms. The molecule has 1 unspecified atom stereocenters. The maximum Gasteiger partial charge on any atom is 0.191 e. The maximum absolute atomic E-state index is 10.2. The van der Waals surface area contributed by atoms with E-state index >= 15 is 0 Å². The van der Waals surface area contributed by atoms with E-state index in [-0.39, 0.29) is 0 Å². The molecule has 0 aromatic carbocycles. The Balaban J connectivity index is 1.98. The third kappa shape index (κ3) is 5.04. The first-order valence-electron chi connectivity index (χ1n) is 7.37. The second kappa shape index (κ2) is 8.97. The highest BCUT2D eigenvalue weighted by Gasteiger charge is 2.12. The Morgan fingerprint density at radius 1 is 1.33 bits per heavy atom. The van der Waals surface area contributed by atoms with Crippen molar-refractivity contribution in [1.29, 1.82) is 0 Å². The number of guanidine groups is 1. The van der Waals surface area contributed by atoms with Crippen molar-refractivity contribution in [1.82, 2.24) is 15.2 Å². The molecule has 2 aromatic rings. The summed E-state index contributed by atoms with van der Waals surface area (Å²) in [5.74, 6) is 0.604. The second-order valence-electron chi connectivity index (χ2n) is 5.07. The average molecular weight is 410 g/mol. The summed E-state index contributed by atoms with van der Waals surface area (Å²) in [7, 11) is 1.84. The highest BCUT2D eigenvalue weighted by Crippen LogP contribution is 2.27. The molecule has 9 heteroatoms. The van der Waals surface area contributed by atoms with Crippen molar-refractivity contribution >= 4 is 52.1 Å². The smallest absolute Gasteiger partial charge is 0.191 e. The third-order valence-corrected chi connectivity index (χ3v) is 5.52. The van der Waals surface area contributed by atoms with Gasteiger partial charge in [0.2, 0.25) is 0 Å². The topological polar surface area (TPSA) is 61.6 Å². The van der Waals surface area contributed by atoms with Crippen LogP contribution in [0.4, 0.5) is 0 Å². The van der Waals surface area contributed by atoms with Crippen LogP contribution >= 0.6 is 46.1 Å². The Morgan fingerprint density at radius 2 is 2.08 bits per heavy atom. The Hall–Kier alpha value is -0.920. The molecule has 0 bridgehead atoms. The van der Waals surface area contributed by atoms with E-state index in [1.807, 2.05) is 20.0 Å². The van der Waals surface area contributed by atoms with Crippen LogP contribution in [0.5, 0.6) is 0 Å². The Morgan fingerprint density at radius 3 is 2.62 bits per heavy atom. The molecular formula is C15H19Cl3N4OS.